The molecule has 1 N–H and O–H groups in total. The number of nitrogens with zero attached hydrogens (tertiary/aromatic N) is 3. The van der Waals surface area contributed by atoms with Gasteiger partial charge in [-0.2, -0.15) is 9.78 Å². The van der Waals surface area contributed by atoms with Crippen LogP contribution < -0.4 is 14.8 Å². The summed E-state index contributed by atoms with van der Waals surface area (Å²) in [4.78, 5) is 17.3. The molecule has 4 aromatic rings. The monoisotopic (exact) mass is 448 g/mol. The molecule has 3 heterocycles. The minimum absolute atomic E-state index is 0.0514. The lowest BCUT2D eigenvalue weighted by Crippen LogP contribution is -2.24. The Morgan fingerprint density at radius 1 is 1.22 bits per heavy atom. The number of fused-ring (bicyclic) bond motifs is 2. The number of benzene rings is 2. The Balaban J connectivity index is 1.52. The predicted molar refractivity (Wildman–Crippen MR) is 125 cm³/mol. The van der Waals surface area contributed by atoms with E-state index in [4.69, 9.17) is 14.5 Å². The van der Waals surface area contributed by atoms with Crippen molar-refractivity contribution in [2.75, 3.05) is 19.0 Å². The van der Waals surface area contributed by atoms with Crippen molar-refractivity contribution in [1.82, 2.24) is 14.8 Å². The molecule has 0 bridgehead atoms. The number of carbonyl (C=O) groups excluding carboxylic acids is 1. The van der Waals surface area contributed by atoms with Gasteiger partial charge in [-0.25, -0.2) is 4.98 Å². The fraction of sp³-hybridized carbons (Fsp3) is 0.292. The SMILES string of the molecule is COc1cc([C@@H]2CC(=O)Nc3c2cnn3-c2nc3ccccc3s2)ccc1OCC(C)C. The molecule has 0 spiro atoms. The summed E-state index contributed by atoms with van der Waals surface area (Å²) in [6.07, 6.45) is 2.16. The quantitative estimate of drug-likeness (QED) is 0.449. The maximum Gasteiger partial charge on any atom is 0.226 e. The maximum absolute atomic E-state index is 12.6. The zero-order valence-electron chi connectivity index (χ0n) is 18.2. The minimum atomic E-state index is -0.130. The zero-order valence-corrected chi connectivity index (χ0v) is 19.0. The smallest absolute Gasteiger partial charge is 0.226 e. The van der Waals surface area contributed by atoms with Crippen LogP contribution in [0.2, 0.25) is 0 Å². The molecule has 5 rings (SSSR count). The largest absolute Gasteiger partial charge is 0.493 e. The first-order valence-electron chi connectivity index (χ1n) is 10.6. The van der Waals surface area contributed by atoms with E-state index in [1.165, 1.54) is 0 Å². The number of aromatic nitrogens is 3. The highest BCUT2D eigenvalue weighted by Gasteiger charge is 2.31. The molecule has 1 aliphatic heterocycles. The van der Waals surface area contributed by atoms with Gasteiger partial charge >= 0.3 is 0 Å². The van der Waals surface area contributed by atoms with E-state index in [0.29, 0.717) is 36.3 Å². The molecule has 0 radical (unpaired) electrons. The molecule has 7 nitrogen and oxygen atoms in total. The van der Waals surface area contributed by atoms with E-state index in [9.17, 15) is 4.79 Å². The second-order valence-corrected chi connectivity index (χ2v) is 9.25. The van der Waals surface area contributed by atoms with Gasteiger partial charge in [0.25, 0.3) is 0 Å². The van der Waals surface area contributed by atoms with Crippen molar-refractivity contribution in [2.24, 2.45) is 5.92 Å². The number of hydrogen-bond acceptors (Lipinski definition) is 6. The summed E-state index contributed by atoms with van der Waals surface area (Å²) in [5.74, 6) is 2.27. The third-order valence-electron chi connectivity index (χ3n) is 5.45. The normalized spacial score (nSPS) is 15.6. The number of nitrogens with one attached hydrogen (secondary N) is 1. The summed E-state index contributed by atoms with van der Waals surface area (Å²) >= 11 is 1.54. The van der Waals surface area contributed by atoms with Gasteiger partial charge in [0.2, 0.25) is 11.0 Å². The van der Waals surface area contributed by atoms with E-state index in [2.05, 4.69) is 24.3 Å². The van der Waals surface area contributed by atoms with Crippen LogP contribution in [0.1, 0.15) is 37.3 Å². The molecular formula is C24H24N4O3S. The van der Waals surface area contributed by atoms with E-state index < -0.39 is 0 Å². The fourth-order valence-electron chi connectivity index (χ4n) is 3.89. The highest BCUT2D eigenvalue weighted by Crippen LogP contribution is 2.41. The lowest BCUT2D eigenvalue weighted by molar-refractivity contribution is -0.116. The Bertz CT molecular complexity index is 1260. The van der Waals surface area contributed by atoms with Crippen molar-refractivity contribution in [3.05, 3.63) is 59.8 Å². The summed E-state index contributed by atoms with van der Waals surface area (Å²) in [7, 11) is 1.63. The van der Waals surface area contributed by atoms with E-state index in [-0.39, 0.29) is 11.8 Å². The van der Waals surface area contributed by atoms with Gasteiger partial charge in [-0.1, -0.05) is 43.4 Å². The zero-order chi connectivity index (χ0) is 22.2. The topological polar surface area (TPSA) is 78.3 Å². The lowest BCUT2D eigenvalue weighted by Gasteiger charge is -2.24. The van der Waals surface area contributed by atoms with Crippen LogP contribution >= 0.6 is 11.3 Å². The summed E-state index contributed by atoms with van der Waals surface area (Å²) in [5.41, 5.74) is 2.86. The van der Waals surface area contributed by atoms with E-state index in [1.807, 2.05) is 48.7 Å². The fourth-order valence-corrected chi connectivity index (χ4v) is 4.82. The molecule has 32 heavy (non-hydrogen) atoms. The van der Waals surface area contributed by atoms with Crippen LogP contribution in [0.25, 0.3) is 15.3 Å². The highest BCUT2D eigenvalue weighted by molar-refractivity contribution is 7.20. The number of thiazole rings is 1. The summed E-state index contributed by atoms with van der Waals surface area (Å²) in [6.45, 7) is 4.82. The summed E-state index contributed by atoms with van der Waals surface area (Å²) < 4.78 is 14.3. The number of carbonyl (C=O) groups is 1. The number of anilines is 1. The molecule has 1 atom stereocenters. The Labute approximate surface area is 190 Å². The van der Waals surface area contributed by atoms with Crippen LogP contribution in [0, 0.1) is 5.92 Å². The third kappa shape index (κ3) is 3.71. The first-order valence-corrected chi connectivity index (χ1v) is 11.4. The van der Waals surface area contributed by atoms with Crippen molar-refractivity contribution in [3.8, 4) is 16.6 Å². The van der Waals surface area contributed by atoms with Crippen LogP contribution in [-0.2, 0) is 4.79 Å². The number of amides is 1. The average Bonchev–Trinajstić information content (AvgIpc) is 3.40. The van der Waals surface area contributed by atoms with Crippen molar-refractivity contribution < 1.29 is 14.3 Å². The van der Waals surface area contributed by atoms with Gasteiger partial charge in [0.1, 0.15) is 5.82 Å². The van der Waals surface area contributed by atoms with Crippen LogP contribution in [0.3, 0.4) is 0 Å². The Kier molecular flexibility index (Phi) is 5.30. The number of rotatable bonds is 6. The van der Waals surface area contributed by atoms with Crippen LogP contribution in [-0.4, -0.2) is 34.4 Å². The van der Waals surface area contributed by atoms with Crippen LogP contribution in [0.5, 0.6) is 11.5 Å². The Hall–Kier alpha value is -3.39. The molecule has 0 aliphatic carbocycles. The molecule has 0 unspecified atom stereocenters. The second kappa shape index (κ2) is 8.27. The Morgan fingerprint density at radius 2 is 2.06 bits per heavy atom. The lowest BCUT2D eigenvalue weighted by atomic mass is 9.87. The summed E-state index contributed by atoms with van der Waals surface area (Å²) in [6, 6.07) is 13.8. The van der Waals surface area contributed by atoms with Gasteiger partial charge in [-0.05, 0) is 35.7 Å². The molecule has 8 heteroatoms. The Morgan fingerprint density at radius 3 is 2.84 bits per heavy atom. The number of methoxy groups -OCH3 is 1. The third-order valence-corrected chi connectivity index (χ3v) is 6.46. The van der Waals surface area contributed by atoms with Gasteiger partial charge < -0.3 is 14.8 Å². The van der Waals surface area contributed by atoms with E-state index in [1.54, 1.807) is 23.1 Å². The predicted octanol–water partition coefficient (Wildman–Crippen LogP) is 5.00. The molecule has 2 aromatic carbocycles. The molecule has 164 valence electrons. The minimum Gasteiger partial charge on any atom is -0.493 e. The standard InChI is InChI=1S/C24H24N4O3S/c1-14(2)13-31-19-9-8-15(10-20(19)30-3)16-11-22(29)27-23-17(16)12-25-28(23)24-26-18-6-4-5-7-21(18)32-24/h4-10,12,14,16H,11,13H2,1-3H3,(H,27,29)/t16-/m0/s1. The first kappa shape index (κ1) is 20.5. The average molecular weight is 449 g/mol. The van der Waals surface area contributed by atoms with Gasteiger partial charge in [0.05, 0.1) is 30.1 Å². The van der Waals surface area contributed by atoms with Crippen LogP contribution in [0.15, 0.2) is 48.7 Å². The molecule has 1 amide bonds. The van der Waals surface area contributed by atoms with Gasteiger partial charge in [0, 0.05) is 17.9 Å². The first-order chi connectivity index (χ1) is 15.5. The number of hydrogen-bond donors (Lipinski definition) is 1. The second-order valence-electron chi connectivity index (χ2n) is 8.24. The van der Waals surface area contributed by atoms with E-state index >= 15 is 0 Å². The van der Waals surface area contributed by atoms with Gasteiger partial charge in [0.15, 0.2) is 11.5 Å². The number of para-hydroxylation sites is 1. The molecule has 1 aliphatic rings. The van der Waals surface area contributed by atoms with Crippen molar-refractivity contribution >= 4 is 33.3 Å². The molecular weight excluding hydrogens is 424 g/mol. The molecule has 0 saturated heterocycles. The van der Waals surface area contributed by atoms with Crippen molar-refractivity contribution in [3.63, 3.8) is 0 Å². The van der Waals surface area contributed by atoms with E-state index in [0.717, 1.165) is 26.5 Å². The number of ether oxygens (including phenoxy) is 2. The van der Waals surface area contributed by atoms with Gasteiger partial charge in [-0.3, -0.25) is 4.79 Å². The molecule has 0 saturated carbocycles. The van der Waals surface area contributed by atoms with Crippen molar-refractivity contribution in [1.29, 1.82) is 0 Å². The van der Waals surface area contributed by atoms with Crippen LogP contribution in [0.4, 0.5) is 5.82 Å². The van der Waals surface area contributed by atoms with Gasteiger partial charge in [-0.15, -0.1) is 0 Å². The summed E-state index contributed by atoms with van der Waals surface area (Å²) in [5, 5.41) is 8.30. The maximum atomic E-state index is 12.6. The van der Waals surface area contributed by atoms with Crippen molar-refractivity contribution in [2.45, 2.75) is 26.2 Å². The molecule has 0 fully saturated rings. The molecule has 2 aromatic heterocycles. The highest BCUT2D eigenvalue weighted by atomic mass is 32.1.